The number of sulfonamides is 1. The fraction of sp³-hybridized carbons (Fsp3) is 0.423. The fourth-order valence-corrected chi connectivity index (χ4v) is 6.31. The van der Waals surface area contributed by atoms with Gasteiger partial charge in [-0.15, -0.1) is 0 Å². The molecule has 1 N–H and O–H groups in total. The highest BCUT2D eigenvalue weighted by Crippen LogP contribution is 2.31. The number of nitrogens with zero attached hydrogens (tertiary/aromatic N) is 2. The third kappa shape index (κ3) is 4.88. The second kappa shape index (κ2) is 10.3. The van der Waals surface area contributed by atoms with Gasteiger partial charge in [0.25, 0.3) is 17.7 Å². The number of hydrogen-bond donors (Lipinski definition) is 1. The van der Waals surface area contributed by atoms with Crippen LogP contribution >= 0.6 is 0 Å². The molecule has 2 aliphatic rings. The molecular formula is C26H31N3O5S. The van der Waals surface area contributed by atoms with E-state index in [0.717, 1.165) is 37.7 Å². The molecule has 4 rings (SSSR count). The van der Waals surface area contributed by atoms with Gasteiger partial charge in [0.2, 0.25) is 10.0 Å². The molecule has 1 heterocycles. The number of rotatable bonds is 8. The quantitative estimate of drug-likeness (QED) is 0.562. The van der Waals surface area contributed by atoms with E-state index in [1.807, 2.05) is 0 Å². The van der Waals surface area contributed by atoms with Crippen molar-refractivity contribution >= 4 is 27.7 Å². The van der Waals surface area contributed by atoms with Gasteiger partial charge in [0, 0.05) is 31.2 Å². The van der Waals surface area contributed by atoms with E-state index in [1.165, 1.54) is 27.4 Å². The Kier molecular flexibility index (Phi) is 7.37. The Hall–Kier alpha value is -3.04. The second-order valence-corrected chi connectivity index (χ2v) is 10.9. The van der Waals surface area contributed by atoms with Crippen molar-refractivity contribution in [2.45, 2.75) is 63.4 Å². The zero-order chi connectivity index (χ0) is 25.2. The van der Waals surface area contributed by atoms with Gasteiger partial charge in [0.05, 0.1) is 16.0 Å². The number of hydrogen-bond acceptors (Lipinski definition) is 5. The van der Waals surface area contributed by atoms with E-state index in [0.29, 0.717) is 24.2 Å². The van der Waals surface area contributed by atoms with Crippen LogP contribution in [0.3, 0.4) is 0 Å². The van der Waals surface area contributed by atoms with Crippen molar-refractivity contribution in [3.8, 4) is 0 Å². The van der Waals surface area contributed by atoms with Crippen LogP contribution in [0.2, 0.25) is 0 Å². The second-order valence-electron chi connectivity index (χ2n) is 8.95. The predicted molar refractivity (Wildman–Crippen MR) is 132 cm³/mol. The van der Waals surface area contributed by atoms with Crippen LogP contribution < -0.4 is 5.32 Å². The molecule has 1 aliphatic heterocycles. The lowest BCUT2D eigenvalue weighted by Gasteiger charge is -2.29. The first kappa shape index (κ1) is 25.1. The number of amides is 3. The van der Waals surface area contributed by atoms with E-state index in [9.17, 15) is 22.8 Å². The topological polar surface area (TPSA) is 104 Å². The first-order chi connectivity index (χ1) is 16.8. The Bertz CT molecular complexity index is 1230. The zero-order valence-electron chi connectivity index (χ0n) is 20.1. The van der Waals surface area contributed by atoms with E-state index >= 15 is 0 Å². The molecule has 2 aromatic rings. The van der Waals surface area contributed by atoms with Crippen molar-refractivity contribution in [2.24, 2.45) is 0 Å². The van der Waals surface area contributed by atoms with Crippen molar-refractivity contribution in [3.05, 3.63) is 64.7 Å². The highest BCUT2D eigenvalue weighted by Gasteiger charge is 2.40. The molecular weight excluding hydrogens is 466 g/mol. The van der Waals surface area contributed by atoms with Crippen LogP contribution in [0.15, 0.2) is 47.4 Å². The molecule has 0 saturated heterocycles. The number of fused-ring (bicyclic) bond motifs is 1. The van der Waals surface area contributed by atoms with E-state index in [-0.39, 0.29) is 40.8 Å². The molecule has 0 radical (unpaired) electrons. The third-order valence-electron chi connectivity index (χ3n) is 6.84. The normalized spacial score (nSPS) is 16.6. The predicted octanol–water partition coefficient (Wildman–Crippen LogP) is 3.58. The van der Waals surface area contributed by atoms with Gasteiger partial charge in [-0.05, 0) is 48.7 Å². The Morgan fingerprint density at radius 1 is 0.943 bits per heavy atom. The lowest BCUT2D eigenvalue weighted by Crippen LogP contribution is -2.40. The average Bonchev–Trinajstić information content (AvgIpc) is 3.13. The van der Waals surface area contributed by atoms with E-state index < -0.39 is 10.0 Å². The summed E-state index contributed by atoms with van der Waals surface area (Å²) in [5, 5.41) is 2.80. The van der Waals surface area contributed by atoms with Gasteiger partial charge in [-0.1, -0.05) is 45.2 Å². The van der Waals surface area contributed by atoms with Crippen molar-refractivity contribution in [3.63, 3.8) is 0 Å². The lowest BCUT2D eigenvalue weighted by molar-refractivity contribution is 0.0548. The van der Waals surface area contributed by atoms with Gasteiger partial charge in [-0.3, -0.25) is 19.3 Å². The minimum atomic E-state index is -3.54. The minimum Gasteiger partial charge on any atom is -0.348 e. The van der Waals surface area contributed by atoms with Crippen LogP contribution in [0.4, 0.5) is 0 Å². The maximum Gasteiger partial charge on any atom is 0.261 e. The summed E-state index contributed by atoms with van der Waals surface area (Å²) >= 11 is 0. The number of carbonyl (C=O) groups is 3. The molecule has 1 aliphatic carbocycles. The maximum absolute atomic E-state index is 13.0. The van der Waals surface area contributed by atoms with Crippen LogP contribution in [0.5, 0.6) is 0 Å². The lowest BCUT2D eigenvalue weighted by atomic mass is 9.94. The third-order valence-corrected chi connectivity index (χ3v) is 8.90. The molecule has 0 atom stereocenters. The average molecular weight is 498 g/mol. The van der Waals surface area contributed by atoms with Crippen LogP contribution in [0.25, 0.3) is 0 Å². The summed E-state index contributed by atoms with van der Waals surface area (Å²) < 4.78 is 26.6. The molecule has 3 amide bonds. The van der Waals surface area contributed by atoms with Crippen molar-refractivity contribution in [1.29, 1.82) is 0 Å². The van der Waals surface area contributed by atoms with Gasteiger partial charge < -0.3 is 5.32 Å². The first-order valence-electron chi connectivity index (χ1n) is 12.2. The molecule has 8 nitrogen and oxygen atoms in total. The Morgan fingerprint density at radius 3 is 2.20 bits per heavy atom. The number of carbonyl (C=O) groups excluding carboxylic acids is 3. The molecule has 1 saturated carbocycles. The van der Waals surface area contributed by atoms with Gasteiger partial charge in [-0.25, -0.2) is 8.42 Å². The maximum atomic E-state index is 13.0. The summed E-state index contributed by atoms with van der Waals surface area (Å²) in [6.45, 7) is 4.57. The highest BCUT2D eigenvalue weighted by molar-refractivity contribution is 7.89. The Balaban J connectivity index is 1.43. The monoisotopic (exact) mass is 497 g/mol. The summed E-state index contributed by atoms with van der Waals surface area (Å²) in [4.78, 5) is 40.2. The molecule has 0 aromatic heterocycles. The summed E-state index contributed by atoms with van der Waals surface area (Å²) in [6.07, 6.45) is 4.79. The van der Waals surface area contributed by atoms with Gasteiger partial charge >= 0.3 is 0 Å². The number of nitrogens with one attached hydrogen (secondary N) is 1. The van der Waals surface area contributed by atoms with Crippen LogP contribution in [-0.4, -0.2) is 54.5 Å². The number of imide groups is 1. The van der Waals surface area contributed by atoms with Crippen molar-refractivity contribution in [2.75, 3.05) is 13.1 Å². The molecule has 35 heavy (non-hydrogen) atoms. The zero-order valence-corrected chi connectivity index (χ0v) is 20.9. The summed E-state index contributed by atoms with van der Waals surface area (Å²) in [5.74, 6) is -0.968. The standard InChI is InChI=1S/C26H31N3O5S/c1-3-28(4-2)35(33,34)21-13-10-18(11-14-21)17-27-24(30)19-12-15-22-23(16-19)26(32)29(25(22)31)20-8-6-5-7-9-20/h10-16,20H,3-9,17H2,1-2H3,(H,27,30). The molecule has 9 heteroatoms. The minimum absolute atomic E-state index is 0.0676. The van der Waals surface area contributed by atoms with E-state index in [4.69, 9.17) is 0 Å². The highest BCUT2D eigenvalue weighted by atomic mass is 32.2. The summed E-state index contributed by atoms with van der Waals surface area (Å²) in [7, 11) is -3.54. The fourth-order valence-electron chi connectivity index (χ4n) is 4.85. The van der Waals surface area contributed by atoms with Gasteiger partial charge in [0.1, 0.15) is 0 Å². The van der Waals surface area contributed by atoms with Crippen LogP contribution in [0.1, 0.15) is 82.6 Å². The number of benzene rings is 2. The van der Waals surface area contributed by atoms with Crippen LogP contribution in [-0.2, 0) is 16.6 Å². The molecule has 0 spiro atoms. The Labute approximate surface area is 206 Å². The largest absolute Gasteiger partial charge is 0.348 e. The molecule has 0 unspecified atom stereocenters. The van der Waals surface area contributed by atoms with Gasteiger partial charge in [0.15, 0.2) is 0 Å². The Morgan fingerprint density at radius 2 is 1.57 bits per heavy atom. The van der Waals surface area contributed by atoms with E-state index in [1.54, 1.807) is 38.1 Å². The molecule has 2 aromatic carbocycles. The molecule has 1 fully saturated rings. The molecule has 0 bridgehead atoms. The van der Waals surface area contributed by atoms with E-state index in [2.05, 4.69) is 5.32 Å². The summed E-state index contributed by atoms with van der Waals surface area (Å²) in [5.41, 5.74) is 1.67. The smallest absolute Gasteiger partial charge is 0.261 e. The van der Waals surface area contributed by atoms with Crippen LogP contribution in [0, 0.1) is 0 Å². The summed E-state index contributed by atoms with van der Waals surface area (Å²) in [6, 6.07) is 11.0. The van der Waals surface area contributed by atoms with Gasteiger partial charge in [-0.2, -0.15) is 4.31 Å². The van der Waals surface area contributed by atoms with Crippen molar-refractivity contribution in [1.82, 2.24) is 14.5 Å². The SMILES string of the molecule is CCN(CC)S(=O)(=O)c1ccc(CNC(=O)c2ccc3c(c2)C(=O)N(C2CCCCC2)C3=O)cc1. The van der Waals surface area contributed by atoms with Crippen molar-refractivity contribution < 1.29 is 22.8 Å². The molecule has 186 valence electrons. The first-order valence-corrected chi connectivity index (χ1v) is 13.6.